The molecule has 1 atom stereocenters. The number of aliphatic hydroxyl groups excluding tert-OH is 1. The Kier molecular flexibility index (Phi) is 10.9. The number of benzene rings is 2. The average molecular weight is 496 g/mol. The minimum absolute atomic E-state index is 0.304. The van der Waals surface area contributed by atoms with Gasteiger partial charge in [0.15, 0.2) is 0 Å². The van der Waals surface area contributed by atoms with E-state index in [1.807, 2.05) is 59.3 Å². The Bertz CT molecular complexity index is 1030. The molecule has 1 heterocycles. The van der Waals surface area contributed by atoms with Crippen molar-refractivity contribution in [1.82, 2.24) is 14.7 Å². The van der Waals surface area contributed by atoms with E-state index >= 15 is 0 Å². The Labute approximate surface area is 215 Å². The number of para-hydroxylation sites is 1. The molecule has 196 valence electrons. The number of hydrogen-bond acceptors (Lipinski definition) is 6. The van der Waals surface area contributed by atoms with Crippen LogP contribution < -0.4 is 4.74 Å². The van der Waals surface area contributed by atoms with Crippen molar-refractivity contribution in [2.75, 3.05) is 40.0 Å². The summed E-state index contributed by atoms with van der Waals surface area (Å²) in [4.78, 5) is 2.18. The first-order valence-electron chi connectivity index (χ1n) is 12.8. The highest BCUT2D eigenvalue weighted by Crippen LogP contribution is 2.32. The van der Waals surface area contributed by atoms with Crippen molar-refractivity contribution >= 4 is 0 Å². The molecule has 3 aromatic rings. The maximum absolute atomic E-state index is 10.7. The molecule has 0 radical (unpaired) electrons. The van der Waals surface area contributed by atoms with Gasteiger partial charge in [-0.15, -0.1) is 0 Å². The summed E-state index contributed by atoms with van der Waals surface area (Å²) in [6.07, 6.45) is 0.161. The predicted octanol–water partition coefficient (Wildman–Crippen LogP) is 5.02. The van der Waals surface area contributed by atoms with Crippen molar-refractivity contribution in [3.8, 4) is 17.3 Å². The van der Waals surface area contributed by atoms with Gasteiger partial charge in [0.25, 0.3) is 0 Å². The van der Waals surface area contributed by atoms with E-state index in [2.05, 4.69) is 32.6 Å². The monoisotopic (exact) mass is 495 g/mol. The van der Waals surface area contributed by atoms with Crippen molar-refractivity contribution in [2.45, 2.75) is 46.8 Å². The summed E-state index contributed by atoms with van der Waals surface area (Å²) in [5, 5.41) is 15.6. The lowest BCUT2D eigenvalue weighted by Crippen LogP contribution is -2.37. The molecule has 0 spiro atoms. The zero-order valence-corrected chi connectivity index (χ0v) is 22.3. The standard InChI is InChI=1S/C29H41N3O4/c1-6-28-27(19-31(16-17-34-5)18-25(33)21-35-20-22(2)3)29(36-26-14-12-23(4)13-15-26)32(30-28)24-10-8-7-9-11-24/h7-15,22,25,33H,6,16-21H2,1-5H3. The Morgan fingerprint density at radius 1 is 1.03 bits per heavy atom. The first-order chi connectivity index (χ1) is 17.4. The molecular weight excluding hydrogens is 454 g/mol. The third-order valence-corrected chi connectivity index (χ3v) is 5.81. The lowest BCUT2D eigenvalue weighted by atomic mass is 10.1. The van der Waals surface area contributed by atoms with Gasteiger partial charge in [-0.25, -0.2) is 4.68 Å². The Morgan fingerprint density at radius 3 is 2.39 bits per heavy atom. The lowest BCUT2D eigenvalue weighted by Gasteiger charge is -2.25. The molecule has 0 aliphatic rings. The predicted molar refractivity (Wildman–Crippen MR) is 143 cm³/mol. The fourth-order valence-electron chi connectivity index (χ4n) is 3.96. The van der Waals surface area contributed by atoms with Gasteiger partial charge in [-0.2, -0.15) is 5.10 Å². The largest absolute Gasteiger partial charge is 0.439 e. The minimum Gasteiger partial charge on any atom is -0.439 e. The molecule has 7 nitrogen and oxygen atoms in total. The topological polar surface area (TPSA) is 69.0 Å². The van der Waals surface area contributed by atoms with E-state index < -0.39 is 6.10 Å². The van der Waals surface area contributed by atoms with Crippen LogP contribution in [-0.4, -0.2) is 65.9 Å². The fourth-order valence-corrected chi connectivity index (χ4v) is 3.96. The summed E-state index contributed by atoms with van der Waals surface area (Å²) >= 11 is 0. The summed E-state index contributed by atoms with van der Waals surface area (Å²) in [5.41, 5.74) is 4.08. The summed E-state index contributed by atoms with van der Waals surface area (Å²) in [5.74, 6) is 1.88. The minimum atomic E-state index is -0.601. The average Bonchev–Trinajstić information content (AvgIpc) is 3.21. The molecule has 0 saturated heterocycles. The number of hydrogen-bond donors (Lipinski definition) is 1. The van der Waals surface area contributed by atoms with Crippen LogP contribution in [0.2, 0.25) is 0 Å². The van der Waals surface area contributed by atoms with E-state index in [1.54, 1.807) is 7.11 Å². The van der Waals surface area contributed by atoms with Crippen LogP contribution in [0.15, 0.2) is 54.6 Å². The van der Waals surface area contributed by atoms with Gasteiger partial charge >= 0.3 is 0 Å². The number of nitrogens with zero attached hydrogens (tertiary/aromatic N) is 3. The van der Waals surface area contributed by atoms with E-state index in [0.717, 1.165) is 29.1 Å². The molecule has 0 bridgehead atoms. The van der Waals surface area contributed by atoms with Crippen LogP contribution >= 0.6 is 0 Å². The van der Waals surface area contributed by atoms with E-state index in [-0.39, 0.29) is 0 Å². The molecule has 1 aromatic heterocycles. The second kappa shape index (κ2) is 14.1. The van der Waals surface area contributed by atoms with Gasteiger partial charge < -0.3 is 19.3 Å². The van der Waals surface area contributed by atoms with Crippen LogP contribution in [0.25, 0.3) is 5.69 Å². The van der Waals surface area contributed by atoms with E-state index in [9.17, 15) is 5.11 Å². The van der Waals surface area contributed by atoms with Gasteiger partial charge in [0, 0.05) is 33.4 Å². The molecule has 1 N–H and O–H groups in total. The number of ether oxygens (including phenoxy) is 3. The van der Waals surface area contributed by atoms with Crippen LogP contribution in [0.4, 0.5) is 0 Å². The van der Waals surface area contributed by atoms with E-state index in [0.29, 0.717) is 51.3 Å². The smallest absolute Gasteiger partial charge is 0.227 e. The molecule has 7 heteroatoms. The van der Waals surface area contributed by atoms with E-state index in [1.165, 1.54) is 5.56 Å². The number of aromatic nitrogens is 2. The second-order valence-corrected chi connectivity index (χ2v) is 9.56. The number of methoxy groups -OCH3 is 1. The van der Waals surface area contributed by atoms with E-state index in [4.69, 9.17) is 19.3 Å². The van der Waals surface area contributed by atoms with Gasteiger partial charge in [-0.05, 0) is 43.5 Å². The highest BCUT2D eigenvalue weighted by molar-refractivity contribution is 5.44. The SMILES string of the molecule is CCc1nn(-c2ccccc2)c(Oc2ccc(C)cc2)c1CN(CCOC)CC(O)COCC(C)C. The zero-order chi connectivity index (χ0) is 25.9. The van der Waals surface area contributed by atoms with Gasteiger partial charge in [0.05, 0.1) is 36.3 Å². The van der Waals surface area contributed by atoms with Crippen LogP contribution in [-0.2, 0) is 22.4 Å². The van der Waals surface area contributed by atoms with Gasteiger partial charge in [0.1, 0.15) is 5.75 Å². The fraction of sp³-hybridized carbons (Fsp3) is 0.483. The van der Waals surface area contributed by atoms with Gasteiger partial charge in [-0.1, -0.05) is 56.7 Å². The number of rotatable bonds is 15. The maximum Gasteiger partial charge on any atom is 0.227 e. The lowest BCUT2D eigenvalue weighted by molar-refractivity contribution is 0.00323. The highest BCUT2D eigenvalue weighted by Gasteiger charge is 2.24. The van der Waals surface area contributed by atoms with Crippen molar-refractivity contribution in [2.24, 2.45) is 5.92 Å². The molecule has 0 amide bonds. The van der Waals surface area contributed by atoms with Crippen LogP contribution in [0.3, 0.4) is 0 Å². The van der Waals surface area contributed by atoms with Gasteiger partial charge in [0.2, 0.25) is 5.88 Å². The molecule has 2 aromatic carbocycles. The molecule has 3 rings (SSSR count). The van der Waals surface area contributed by atoms with Crippen LogP contribution in [0, 0.1) is 12.8 Å². The Hall–Kier alpha value is -2.71. The molecule has 0 aliphatic carbocycles. The number of aryl methyl sites for hydroxylation is 2. The Morgan fingerprint density at radius 2 is 1.75 bits per heavy atom. The van der Waals surface area contributed by atoms with Crippen LogP contribution in [0.1, 0.15) is 37.6 Å². The molecule has 0 saturated carbocycles. The normalized spacial score (nSPS) is 12.4. The van der Waals surface area contributed by atoms with Gasteiger partial charge in [-0.3, -0.25) is 4.90 Å². The summed E-state index contributed by atoms with van der Waals surface area (Å²) in [7, 11) is 1.69. The quantitative estimate of drug-likeness (QED) is 0.319. The molecule has 36 heavy (non-hydrogen) atoms. The first-order valence-corrected chi connectivity index (χ1v) is 12.8. The number of aliphatic hydroxyl groups is 1. The molecule has 0 fully saturated rings. The van der Waals surface area contributed by atoms with Crippen molar-refractivity contribution in [3.05, 3.63) is 71.4 Å². The van der Waals surface area contributed by atoms with Crippen molar-refractivity contribution in [1.29, 1.82) is 0 Å². The molecular formula is C29H41N3O4. The summed E-state index contributed by atoms with van der Waals surface area (Å²) in [6.45, 7) is 11.6. The molecule has 1 unspecified atom stereocenters. The third kappa shape index (κ3) is 8.17. The Balaban J connectivity index is 1.92. The maximum atomic E-state index is 10.7. The van der Waals surface area contributed by atoms with Crippen molar-refractivity contribution < 1.29 is 19.3 Å². The van der Waals surface area contributed by atoms with Crippen molar-refractivity contribution in [3.63, 3.8) is 0 Å². The highest BCUT2D eigenvalue weighted by atomic mass is 16.5. The summed E-state index contributed by atoms with van der Waals surface area (Å²) in [6, 6.07) is 18.1. The molecule has 0 aliphatic heterocycles. The zero-order valence-electron chi connectivity index (χ0n) is 22.3. The second-order valence-electron chi connectivity index (χ2n) is 9.56. The van der Waals surface area contributed by atoms with Crippen LogP contribution in [0.5, 0.6) is 11.6 Å². The summed E-state index contributed by atoms with van der Waals surface area (Å²) < 4.78 is 19.4. The third-order valence-electron chi connectivity index (χ3n) is 5.81. The first kappa shape index (κ1) is 27.9.